The minimum Gasteiger partial charge on any atom is -0.508 e. The molecular formula is C14H14ClNO3S. The highest BCUT2D eigenvalue weighted by Gasteiger charge is 2.16. The largest absolute Gasteiger partial charge is 0.508 e. The number of halogens is 1. The van der Waals surface area contributed by atoms with Gasteiger partial charge >= 0.3 is 5.97 Å². The van der Waals surface area contributed by atoms with Crippen molar-refractivity contribution in [3.8, 4) is 5.75 Å². The van der Waals surface area contributed by atoms with Gasteiger partial charge in [0.1, 0.15) is 5.75 Å². The van der Waals surface area contributed by atoms with E-state index >= 15 is 0 Å². The zero-order chi connectivity index (χ0) is 14.5. The Morgan fingerprint density at radius 2 is 2.20 bits per heavy atom. The number of aliphatic carboxylic acids is 1. The highest BCUT2D eigenvalue weighted by atomic mass is 35.5. The lowest BCUT2D eigenvalue weighted by Crippen LogP contribution is -2.22. The third-order valence-corrected chi connectivity index (χ3v) is 4.07. The first-order valence-electron chi connectivity index (χ1n) is 6.02. The quantitative estimate of drug-likeness (QED) is 0.764. The highest BCUT2D eigenvalue weighted by molar-refractivity contribution is 7.10. The smallest absolute Gasteiger partial charge is 0.305 e. The summed E-state index contributed by atoms with van der Waals surface area (Å²) in [6.45, 7) is 0.349. The van der Waals surface area contributed by atoms with Crippen LogP contribution in [0.5, 0.6) is 5.75 Å². The maximum Gasteiger partial charge on any atom is 0.305 e. The van der Waals surface area contributed by atoms with Crippen molar-refractivity contribution in [1.82, 2.24) is 5.32 Å². The molecule has 2 rings (SSSR count). The van der Waals surface area contributed by atoms with Crippen LogP contribution in [0.4, 0.5) is 0 Å². The summed E-state index contributed by atoms with van der Waals surface area (Å²) in [4.78, 5) is 11.9. The number of nitrogens with one attached hydrogen (secondary N) is 1. The lowest BCUT2D eigenvalue weighted by molar-refractivity contribution is -0.137. The summed E-state index contributed by atoms with van der Waals surface area (Å²) in [5.41, 5.74) is 0.643. The van der Waals surface area contributed by atoms with Gasteiger partial charge in [0, 0.05) is 22.0 Å². The molecule has 2 aromatic rings. The first kappa shape index (κ1) is 14.8. The van der Waals surface area contributed by atoms with Crippen molar-refractivity contribution in [1.29, 1.82) is 0 Å². The van der Waals surface area contributed by atoms with Crippen LogP contribution >= 0.6 is 22.9 Å². The third-order valence-electron chi connectivity index (χ3n) is 2.85. The Labute approximate surface area is 125 Å². The molecule has 0 aliphatic rings. The Balaban J connectivity index is 2.08. The first-order valence-corrected chi connectivity index (χ1v) is 7.28. The average Bonchev–Trinajstić information content (AvgIpc) is 2.91. The lowest BCUT2D eigenvalue weighted by atomic mass is 10.1. The minimum atomic E-state index is -0.869. The molecule has 0 bridgehead atoms. The monoisotopic (exact) mass is 311 g/mol. The summed E-state index contributed by atoms with van der Waals surface area (Å²) >= 11 is 7.39. The number of carbonyl (C=O) groups is 1. The number of aromatic hydroxyl groups is 1. The average molecular weight is 312 g/mol. The van der Waals surface area contributed by atoms with E-state index in [9.17, 15) is 9.90 Å². The minimum absolute atomic E-state index is 0.0121. The van der Waals surface area contributed by atoms with Crippen LogP contribution in [0.15, 0.2) is 35.7 Å². The summed E-state index contributed by atoms with van der Waals surface area (Å²) in [7, 11) is 0. The molecule has 0 fully saturated rings. The van der Waals surface area contributed by atoms with Gasteiger partial charge in [-0.2, -0.15) is 0 Å². The molecule has 0 radical (unpaired) electrons. The van der Waals surface area contributed by atoms with E-state index in [1.807, 2.05) is 17.5 Å². The fourth-order valence-corrected chi connectivity index (χ4v) is 2.86. The van der Waals surface area contributed by atoms with Crippen LogP contribution in [0.2, 0.25) is 5.02 Å². The van der Waals surface area contributed by atoms with E-state index in [1.54, 1.807) is 12.1 Å². The van der Waals surface area contributed by atoms with E-state index in [2.05, 4.69) is 5.32 Å². The van der Waals surface area contributed by atoms with Crippen molar-refractivity contribution in [2.75, 3.05) is 0 Å². The molecule has 106 valence electrons. The Bertz CT molecular complexity index is 586. The number of hydrogen-bond acceptors (Lipinski definition) is 4. The van der Waals surface area contributed by atoms with Crippen molar-refractivity contribution in [2.24, 2.45) is 0 Å². The summed E-state index contributed by atoms with van der Waals surface area (Å²) in [5.74, 6) is -0.728. The Hall–Kier alpha value is -1.56. The van der Waals surface area contributed by atoms with Crippen LogP contribution in [0.3, 0.4) is 0 Å². The molecule has 3 N–H and O–H groups in total. The molecule has 6 heteroatoms. The van der Waals surface area contributed by atoms with Crippen LogP contribution in [0.1, 0.15) is 22.9 Å². The predicted octanol–water partition coefficient (Wildman–Crippen LogP) is 3.41. The van der Waals surface area contributed by atoms with Crippen molar-refractivity contribution in [3.63, 3.8) is 0 Å². The van der Waals surface area contributed by atoms with E-state index < -0.39 is 5.97 Å². The molecule has 1 aromatic heterocycles. The predicted molar refractivity (Wildman–Crippen MR) is 79.3 cm³/mol. The fourth-order valence-electron chi connectivity index (χ4n) is 1.87. The van der Waals surface area contributed by atoms with E-state index in [0.717, 1.165) is 4.88 Å². The lowest BCUT2D eigenvalue weighted by Gasteiger charge is -2.16. The van der Waals surface area contributed by atoms with Crippen LogP contribution in [0, 0.1) is 0 Å². The normalized spacial score (nSPS) is 12.2. The van der Waals surface area contributed by atoms with Gasteiger partial charge in [0.2, 0.25) is 0 Å². The Morgan fingerprint density at radius 3 is 2.85 bits per heavy atom. The topological polar surface area (TPSA) is 69.6 Å². The number of carboxylic acids is 1. The number of phenols is 1. The summed E-state index contributed by atoms with van der Waals surface area (Å²) in [6.07, 6.45) is -0.0121. The van der Waals surface area contributed by atoms with E-state index in [-0.39, 0.29) is 18.2 Å². The molecule has 0 saturated carbocycles. The van der Waals surface area contributed by atoms with Crippen LogP contribution in [0.25, 0.3) is 0 Å². The van der Waals surface area contributed by atoms with E-state index in [0.29, 0.717) is 17.1 Å². The van der Waals surface area contributed by atoms with Crippen LogP contribution in [-0.4, -0.2) is 16.2 Å². The van der Waals surface area contributed by atoms with Gasteiger partial charge in [-0.1, -0.05) is 17.7 Å². The summed E-state index contributed by atoms with van der Waals surface area (Å²) in [5, 5.41) is 24.3. The second kappa shape index (κ2) is 6.74. The highest BCUT2D eigenvalue weighted by Crippen LogP contribution is 2.25. The summed E-state index contributed by atoms with van der Waals surface area (Å²) < 4.78 is 0. The molecule has 0 amide bonds. The maximum atomic E-state index is 10.9. The Morgan fingerprint density at radius 1 is 1.40 bits per heavy atom. The molecule has 0 saturated heterocycles. The van der Waals surface area contributed by atoms with E-state index in [4.69, 9.17) is 16.7 Å². The van der Waals surface area contributed by atoms with E-state index in [1.165, 1.54) is 17.4 Å². The van der Waals surface area contributed by atoms with Gasteiger partial charge in [0.25, 0.3) is 0 Å². The van der Waals surface area contributed by atoms with Crippen LogP contribution in [-0.2, 0) is 11.3 Å². The molecule has 20 heavy (non-hydrogen) atoms. The van der Waals surface area contributed by atoms with Gasteiger partial charge in [-0.25, -0.2) is 0 Å². The standard InChI is InChI=1S/C14H14ClNO3S/c15-10-3-4-12(17)9(6-10)8-16-11(7-14(18)19)13-2-1-5-20-13/h1-6,11,16-17H,7-8H2,(H,18,19). The second-order valence-corrected chi connectivity index (χ2v) is 5.74. The number of rotatable bonds is 6. The Kier molecular flexibility index (Phi) is 5.00. The number of carboxylic acid groups (broad SMARTS) is 1. The number of thiophene rings is 1. The SMILES string of the molecule is O=C(O)CC(NCc1cc(Cl)ccc1O)c1cccs1. The molecule has 1 unspecified atom stereocenters. The van der Waals surface area contributed by atoms with Gasteiger partial charge in [-0.05, 0) is 29.6 Å². The molecule has 0 aliphatic carbocycles. The van der Waals surface area contributed by atoms with Gasteiger partial charge in [0.05, 0.1) is 12.5 Å². The molecule has 4 nitrogen and oxygen atoms in total. The molecule has 1 heterocycles. The zero-order valence-electron chi connectivity index (χ0n) is 10.5. The van der Waals surface area contributed by atoms with Gasteiger partial charge in [-0.3, -0.25) is 4.79 Å². The van der Waals surface area contributed by atoms with Gasteiger partial charge in [-0.15, -0.1) is 11.3 Å². The maximum absolute atomic E-state index is 10.9. The molecular weight excluding hydrogens is 298 g/mol. The van der Waals surface area contributed by atoms with Crippen molar-refractivity contribution < 1.29 is 15.0 Å². The third kappa shape index (κ3) is 3.96. The van der Waals surface area contributed by atoms with Crippen molar-refractivity contribution in [2.45, 2.75) is 19.0 Å². The van der Waals surface area contributed by atoms with Crippen molar-refractivity contribution >= 4 is 28.9 Å². The molecule has 0 aliphatic heterocycles. The summed E-state index contributed by atoms with van der Waals surface area (Å²) in [6, 6.07) is 8.28. The fraction of sp³-hybridized carbons (Fsp3) is 0.214. The number of hydrogen-bond donors (Lipinski definition) is 3. The van der Waals surface area contributed by atoms with Gasteiger partial charge in [0.15, 0.2) is 0 Å². The second-order valence-electron chi connectivity index (χ2n) is 4.32. The molecule has 1 atom stereocenters. The van der Waals surface area contributed by atoms with Gasteiger partial charge < -0.3 is 15.5 Å². The molecule has 0 spiro atoms. The number of phenolic OH excluding ortho intramolecular Hbond substituents is 1. The zero-order valence-corrected chi connectivity index (χ0v) is 12.1. The first-order chi connectivity index (χ1) is 9.56. The number of benzene rings is 1. The molecule has 1 aromatic carbocycles. The van der Waals surface area contributed by atoms with Crippen molar-refractivity contribution in [3.05, 3.63) is 51.2 Å². The van der Waals surface area contributed by atoms with Crippen LogP contribution < -0.4 is 5.32 Å².